The Kier molecular flexibility index (Phi) is 5.90. The van der Waals surface area contributed by atoms with E-state index in [2.05, 4.69) is 25.7 Å². The molecule has 2 fully saturated rings. The molecule has 1 heterocycles. The van der Waals surface area contributed by atoms with E-state index >= 15 is 0 Å². The number of carbonyl (C=O) groups excluding carboxylic acids is 1. The zero-order valence-corrected chi connectivity index (χ0v) is 18.9. The van der Waals surface area contributed by atoms with E-state index in [1.165, 1.54) is 0 Å². The highest BCUT2D eigenvalue weighted by Gasteiger charge is 2.41. The molecule has 0 aromatic heterocycles. The summed E-state index contributed by atoms with van der Waals surface area (Å²) in [6.45, 7) is 7.26. The monoisotopic (exact) mass is 428 g/mol. The molecule has 1 saturated heterocycles. The fraction of sp³-hybridized carbons (Fsp3) is 0.542. The maximum absolute atomic E-state index is 13.3. The Morgan fingerprint density at radius 3 is 2.20 bits per heavy atom. The molecule has 2 aliphatic rings. The minimum atomic E-state index is -3.55. The fourth-order valence-corrected chi connectivity index (χ4v) is 5.92. The summed E-state index contributed by atoms with van der Waals surface area (Å²) >= 11 is 0. The number of fused-ring (bicyclic) bond motifs is 1. The van der Waals surface area contributed by atoms with Crippen LogP contribution >= 0.6 is 0 Å². The number of benzene rings is 2. The summed E-state index contributed by atoms with van der Waals surface area (Å²) in [7, 11) is -3.55. The molecule has 1 amide bonds. The van der Waals surface area contributed by atoms with Gasteiger partial charge in [-0.1, -0.05) is 44.2 Å². The van der Waals surface area contributed by atoms with E-state index in [0.717, 1.165) is 23.6 Å². The van der Waals surface area contributed by atoms with Crippen molar-refractivity contribution < 1.29 is 13.2 Å². The molecule has 1 saturated carbocycles. The Hall–Kier alpha value is -1.92. The number of sulfonamides is 1. The fourth-order valence-electron chi connectivity index (χ4n) is 4.42. The molecule has 30 heavy (non-hydrogen) atoms. The maximum Gasteiger partial charge on any atom is 0.243 e. The summed E-state index contributed by atoms with van der Waals surface area (Å²) in [5, 5.41) is 1.95. The van der Waals surface area contributed by atoms with Gasteiger partial charge in [-0.05, 0) is 61.4 Å². The molecule has 2 aromatic carbocycles. The molecular weight excluding hydrogens is 396 g/mol. The van der Waals surface area contributed by atoms with Crippen LogP contribution in [-0.2, 0) is 14.8 Å². The molecule has 1 atom stereocenters. The number of hydrogen-bond donors (Lipinski definition) is 0. The largest absolute Gasteiger partial charge is 0.337 e. The van der Waals surface area contributed by atoms with E-state index in [-0.39, 0.29) is 17.9 Å². The van der Waals surface area contributed by atoms with Crippen molar-refractivity contribution in [2.45, 2.75) is 63.4 Å². The predicted molar refractivity (Wildman–Crippen MR) is 120 cm³/mol. The van der Waals surface area contributed by atoms with Crippen molar-refractivity contribution in [1.29, 1.82) is 0 Å². The lowest BCUT2D eigenvalue weighted by Gasteiger charge is -2.37. The number of rotatable bonds is 6. The van der Waals surface area contributed by atoms with Crippen LogP contribution in [0, 0.1) is 11.8 Å². The Morgan fingerprint density at radius 1 is 0.967 bits per heavy atom. The summed E-state index contributed by atoms with van der Waals surface area (Å²) in [6, 6.07) is 13.7. The van der Waals surface area contributed by atoms with Gasteiger partial charge in [0, 0.05) is 31.1 Å². The average Bonchev–Trinajstić information content (AvgIpc) is 3.58. The standard InChI is InChI=1S/C24H32N2O3S/c1-17(2)18(3)26(22-9-10-22)24(27)20-12-14-25(15-13-20)30(28,29)23-11-8-19-6-4-5-7-21(19)16-23/h4-8,11,16-18,20,22H,9-10,12-15H2,1-3H3. The number of amides is 1. The van der Waals surface area contributed by atoms with E-state index in [4.69, 9.17) is 0 Å². The van der Waals surface area contributed by atoms with Gasteiger partial charge in [0.15, 0.2) is 0 Å². The Bertz CT molecular complexity index is 1020. The zero-order chi connectivity index (χ0) is 21.5. The third kappa shape index (κ3) is 4.12. The quantitative estimate of drug-likeness (QED) is 0.690. The van der Waals surface area contributed by atoms with Crippen LogP contribution in [0.4, 0.5) is 0 Å². The van der Waals surface area contributed by atoms with Crippen molar-refractivity contribution in [1.82, 2.24) is 9.21 Å². The molecule has 1 aliphatic carbocycles. The minimum absolute atomic E-state index is 0.0742. The van der Waals surface area contributed by atoms with Gasteiger partial charge in [-0.3, -0.25) is 4.79 Å². The summed E-state index contributed by atoms with van der Waals surface area (Å²) in [6.07, 6.45) is 3.38. The molecule has 4 rings (SSSR count). The lowest BCUT2D eigenvalue weighted by molar-refractivity contribution is -0.140. The molecule has 5 nitrogen and oxygen atoms in total. The highest BCUT2D eigenvalue weighted by molar-refractivity contribution is 7.89. The van der Waals surface area contributed by atoms with Crippen LogP contribution in [0.15, 0.2) is 47.4 Å². The summed E-state index contributed by atoms with van der Waals surface area (Å²) in [4.78, 5) is 15.7. The summed E-state index contributed by atoms with van der Waals surface area (Å²) < 4.78 is 27.9. The smallest absolute Gasteiger partial charge is 0.243 e. The van der Waals surface area contributed by atoms with Crippen LogP contribution in [0.5, 0.6) is 0 Å². The molecule has 0 spiro atoms. The van der Waals surface area contributed by atoms with Crippen molar-refractivity contribution in [3.05, 3.63) is 42.5 Å². The minimum Gasteiger partial charge on any atom is -0.337 e. The third-order valence-corrected chi connectivity index (χ3v) is 8.65. The van der Waals surface area contributed by atoms with Gasteiger partial charge in [0.1, 0.15) is 0 Å². The highest BCUT2D eigenvalue weighted by atomic mass is 32.2. The number of hydrogen-bond acceptors (Lipinski definition) is 3. The summed E-state index contributed by atoms with van der Waals surface area (Å²) in [5.41, 5.74) is 0. The Morgan fingerprint density at radius 2 is 1.60 bits per heavy atom. The molecule has 0 bridgehead atoms. The number of piperidine rings is 1. The summed E-state index contributed by atoms with van der Waals surface area (Å²) in [5.74, 6) is 0.569. The van der Waals surface area contributed by atoms with Gasteiger partial charge in [0.2, 0.25) is 15.9 Å². The van der Waals surface area contributed by atoms with Crippen LogP contribution in [0.25, 0.3) is 10.8 Å². The molecule has 0 radical (unpaired) electrons. The first-order chi connectivity index (χ1) is 14.3. The molecule has 2 aromatic rings. The van der Waals surface area contributed by atoms with Gasteiger partial charge < -0.3 is 4.90 Å². The van der Waals surface area contributed by atoms with Crippen molar-refractivity contribution in [2.24, 2.45) is 11.8 Å². The molecule has 0 N–H and O–H groups in total. The lowest BCUT2D eigenvalue weighted by Crippen LogP contribution is -2.49. The number of carbonyl (C=O) groups is 1. The van der Waals surface area contributed by atoms with Gasteiger partial charge in [-0.2, -0.15) is 4.31 Å². The van der Waals surface area contributed by atoms with Crippen molar-refractivity contribution in [2.75, 3.05) is 13.1 Å². The van der Waals surface area contributed by atoms with Crippen LogP contribution in [0.2, 0.25) is 0 Å². The van der Waals surface area contributed by atoms with Gasteiger partial charge in [0.05, 0.1) is 4.90 Å². The lowest BCUT2D eigenvalue weighted by atomic mass is 9.94. The van der Waals surface area contributed by atoms with Crippen LogP contribution in [0.3, 0.4) is 0 Å². The maximum atomic E-state index is 13.3. The first-order valence-electron chi connectivity index (χ1n) is 11.1. The van der Waals surface area contributed by atoms with E-state index in [1.54, 1.807) is 16.4 Å². The molecule has 1 aliphatic heterocycles. The second-order valence-electron chi connectivity index (χ2n) is 9.15. The number of nitrogens with zero attached hydrogens (tertiary/aromatic N) is 2. The first kappa shape index (κ1) is 21.3. The first-order valence-corrected chi connectivity index (χ1v) is 12.5. The second-order valence-corrected chi connectivity index (χ2v) is 11.1. The van der Waals surface area contributed by atoms with Gasteiger partial charge >= 0.3 is 0 Å². The van der Waals surface area contributed by atoms with Crippen molar-refractivity contribution in [3.8, 4) is 0 Å². The SMILES string of the molecule is CC(C)C(C)N(C(=O)C1CCN(S(=O)(=O)c2ccc3ccccc3c2)CC1)C1CC1. The van der Waals surface area contributed by atoms with Crippen LogP contribution in [-0.4, -0.2) is 48.7 Å². The van der Waals surface area contributed by atoms with Gasteiger partial charge in [0.25, 0.3) is 0 Å². The second kappa shape index (κ2) is 8.31. The van der Waals surface area contributed by atoms with Crippen LogP contribution in [0.1, 0.15) is 46.5 Å². The zero-order valence-electron chi connectivity index (χ0n) is 18.1. The van der Waals surface area contributed by atoms with Crippen LogP contribution < -0.4 is 0 Å². The van der Waals surface area contributed by atoms with E-state index in [0.29, 0.717) is 42.8 Å². The highest BCUT2D eigenvalue weighted by Crippen LogP contribution is 2.34. The van der Waals surface area contributed by atoms with E-state index in [1.807, 2.05) is 30.3 Å². The molecule has 1 unspecified atom stereocenters. The van der Waals surface area contributed by atoms with Crippen molar-refractivity contribution >= 4 is 26.7 Å². The molecule has 162 valence electrons. The average molecular weight is 429 g/mol. The molecular formula is C24H32N2O3S. The van der Waals surface area contributed by atoms with E-state index in [9.17, 15) is 13.2 Å². The third-order valence-electron chi connectivity index (χ3n) is 6.76. The van der Waals surface area contributed by atoms with Crippen molar-refractivity contribution in [3.63, 3.8) is 0 Å². The van der Waals surface area contributed by atoms with Gasteiger partial charge in [-0.15, -0.1) is 0 Å². The normalized spacial score (nSPS) is 19.9. The van der Waals surface area contributed by atoms with Gasteiger partial charge in [-0.25, -0.2) is 8.42 Å². The topological polar surface area (TPSA) is 57.7 Å². The Balaban J connectivity index is 1.46. The van der Waals surface area contributed by atoms with E-state index < -0.39 is 10.0 Å². The Labute approximate surface area is 180 Å². The molecule has 6 heteroatoms. The predicted octanol–water partition coefficient (Wildman–Crippen LogP) is 4.28.